The highest BCUT2D eigenvalue weighted by molar-refractivity contribution is 5.80. The number of pyridine rings is 1. The minimum Gasteiger partial charge on any atom is -0.411 e. The molecular weight excluding hydrogens is 216 g/mol. The monoisotopic (exact) mass is 234 g/mol. The van der Waals surface area contributed by atoms with Crippen LogP contribution in [0.15, 0.2) is 17.3 Å². The molecule has 1 N–H and O–H groups in total. The largest absolute Gasteiger partial charge is 0.411 e. The lowest BCUT2D eigenvalue weighted by Crippen LogP contribution is -2.44. The van der Waals surface area contributed by atoms with Crippen molar-refractivity contribution < 1.29 is 5.21 Å². The SMILES string of the molecule is Cc1nc(N2CCN(C)CC2)ccc1/C=N/O. The van der Waals surface area contributed by atoms with Gasteiger partial charge in [0.05, 0.1) is 6.21 Å². The van der Waals surface area contributed by atoms with E-state index in [9.17, 15) is 0 Å². The summed E-state index contributed by atoms with van der Waals surface area (Å²) in [4.78, 5) is 9.15. The van der Waals surface area contributed by atoms with Gasteiger partial charge in [0.25, 0.3) is 0 Å². The van der Waals surface area contributed by atoms with Gasteiger partial charge in [-0.25, -0.2) is 4.98 Å². The fourth-order valence-electron chi connectivity index (χ4n) is 1.97. The molecule has 0 saturated carbocycles. The van der Waals surface area contributed by atoms with E-state index >= 15 is 0 Å². The molecule has 0 spiro atoms. The Bertz CT molecular complexity index is 411. The van der Waals surface area contributed by atoms with Gasteiger partial charge in [0.15, 0.2) is 0 Å². The molecule has 0 aromatic carbocycles. The van der Waals surface area contributed by atoms with Gasteiger partial charge in [0.2, 0.25) is 0 Å². The molecule has 5 nitrogen and oxygen atoms in total. The second-order valence-electron chi connectivity index (χ2n) is 4.38. The molecule has 1 aromatic rings. The van der Waals surface area contributed by atoms with Crippen LogP contribution in [0.1, 0.15) is 11.3 Å². The Morgan fingerprint density at radius 2 is 2.00 bits per heavy atom. The molecule has 0 radical (unpaired) electrons. The first-order valence-corrected chi connectivity index (χ1v) is 5.79. The quantitative estimate of drug-likeness (QED) is 0.470. The maximum Gasteiger partial charge on any atom is 0.128 e. The van der Waals surface area contributed by atoms with Crippen molar-refractivity contribution >= 4 is 12.0 Å². The average Bonchev–Trinajstić information content (AvgIpc) is 2.33. The summed E-state index contributed by atoms with van der Waals surface area (Å²) in [5.41, 5.74) is 1.74. The summed E-state index contributed by atoms with van der Waals surface area (Å²) in [5, 5.41) is 11.6. The molecular formula is C12H18N4O. The Balaban J connectivity index is 2.14. The summed E-state index contributed by atoms with van der Waals surface area (Å²) in [6.07, 6.45) is 1.41. The maximum absolute atomic E-state index is 8.52. The Morgan fingerprint density at radius 1 is 1.29 bits per heavy atom. The third-order valence-corrected chi connectivity index (χ3v) is 3.14. The van der Waals surface area contributed by atoms with Crippen LogP contribution in [0.3, 0.4) is 0 Å². The van der Waals surface area contributed by atoms with Crippen LogP contribution in [0.5, 0.6) is 0 Å². The summed E-state index contributed by atoms with van der Waals surface area (Å²) >= 11 is 0. The van der Waals surface area contributed by atoms with Crippen molar-refractivity contribution in [3.05, 3.63) is 23.4 Å². The predicted molar refractivity (Wildman–Crippen MR) is 68.1 cm³/mol. The van der Waals surface area contributed by atoms with Gasteiger partial charge in [-0.3, -0.25) is 0 Å². The lowest BCUT2D eigenvalue weighted by atomic mass is 10.2. The van der Waals surface area contributed by atoms with Crippen molar-refractivity contribution in [2.45, 2.75) is 6.92 Å². The molecule has 92 valence electrons. The topological polar surface area (TPSA) is 52.0 Å². The van der Waals surface area contributed by atoms with Crippen LogP contribution < -0.4 is 4.90 Å². The first-order chi connectivity index (χ1) is 8.20. The number of nitrogens with zero attached hydrogens (tertiary/aromatic N) is 4. The number of oxime groups is 1. The maximum atomic E-state index is 8.52. The van der Waals surface area contributed by atoms with E-state index in [4.69, 9.17) is 5.21 Å². The molecule has 0 bridgehead atoms. The van der Waals surface area contributed by atoms with Crippen molar-refractivity contribution in [2.24, 2.45) is 5.16 Å². The van der Waals surface area contributed by atoms with Gasteiger partial charge in [0.1, 0.15) is 5.82 Å². The smallest absolute Gasteiger partial charge is 0.128 e. The molecule has 17 heavy (non-hydrogen) atoms. The minimum absolute atomic E-state index is 0.852. The van der Waals surface area contributed by atoms with Crippen LogP contribution >= 0.6 is 0 Å². The zero-order valence-electron chi connectivity index (χ0n) is 10.3. The van der Waals surface area contributed by atoms with Crippen molar-refractivity contribution in [3.8, 4) is 0 Å². The van der Waals surface area contributed by atoms with Gasteiger partial charge in [-0.1, -0.05) is 5.16 Å². The molecule has 0 amide bonds. The van der Waals surface area contributed by atoms with Gasteiger partial charge >= 0.3 is 0 Å². The number of hydrogen-bond donors (Lipinski definition) is 1. The Hall–Kier alpha value is -1.62. The highest BCUT2D eigenvalue weighted by Crippen LogP contribution is 2.15. The minimum atomic E-state index is 0.852. The molecule has 1 aliphatic heterocycles. The van der Waals surface area contributed by atoms with E-state index in [2.05, 4.69) is 27.0 Å². The van der Waals surface area contributed by atoms with Crippen LogP contribution in [0, 0.1) is 6.92 Å². The number of aryl methyl sites for hydroxylation is 1. The molecule has 5 heteroatoms. The summed E-state index contributed by atoms with van der Waals surface area (Å²) in [6.45, 7) is 6.09. The number of rotatable bonds is 2. The molecule has 2 rings (SSSR count). The number of aromatic nitrogens is 1. The Morgan fingerprint density at radius 3 is 2.59 bits per heavy atom. The summed E-state index contributed by atoms with van der Waals surface area (Å²) in [5.74, 6) is 1.01. The zero-order chi connectivity index (χ0) is 12.3. The fourth-order valence-corrected chi connectivity index (χ4v) is 1.97. The summed E-state index contributed by atoms with van der Waals surface area (Å²) < 4.78 is 0. The highest BCUT2D eigenvalue weighted by Gasteiger charge is 2.15. The summed E-state index contributed by atoms with van der Waals surface area (Å²) in [6, 6.07) is 3.92. The molecule has 1 aromatic heterocycles. The normalized spacial score (nSPS) is 17.9. The molecule has 1 fully saturated rings. The first-order valence-electron chi connectivity index (χ1n) is 5.79. The van der Waals surface area contributed by atoms with Crippen LogP contribution in [0.2, 0.25) is 0 Å². The highest BCUT2D eigenvalue weighted by atomic mass is 16.4. The Labute approximate surface area is 101 Å². The first kappa shape index (κ1) is 11.9. The molecule has 2 heterocycles. The van der Waals surface area contributed by atoms with Crippen LogP contribution in [0.4, 0.5) is 5.82 Å². The van der Waals surface area contributed by atoms with Crippen molar-refractivity contribution in [2.75, 3.05) is 38.1 Å². The second kappa shape index (κ2) is 5.14. The standard InChI is InChI=1S/C12H18N4O/c1-10-11(9-13-17)3-4-12(14-10)16-7-5-15(2)6-8-16/h3-4,9,17H,5-8H2,1-2H3/b13-9+. The van der Waals surface area contributed by atoms with Gasteiger partial charge < -0.3 is 15.0 Å². The lowest BCUT2D eigenvalue weighted by Gasteiger charge is -2.33. The molecule has 1 aliphatic rings. The van der Waals surface area contributed by atoms with Crippen LogP contribution in [0.25, 0.3) is 0 Å². The van der Waals surface area contributed by atoms with Crippen molar-refractivity contribution in [1.29, 1.82) is 0 Å². The summed E-state index contributed by atoms with van der Waals surface area (Å²) in [7, 11) is 2.14. The predicted octanol–water partition coefficient (Wildman–Crippen LogP) is 0.950. The van der Waals surface area contributed by atoms with Gasteiger partial charge in [-0.15, -0.1) is 0 Å². The second-order valence-corrected chi connectivity index (χ2v) is 4.38. The number of likely N-dealkylation sites (N-methyl/N-ethyl adjacent to an activating group) is 1. The van der Waals surface area contributed by atoms with Crippen LogP contribution in [-0.2, 0) is 0 Å². The molecule has 0 unspecified atom stereocenters. The lowest BCUT2D eigenvalue weighted by molar-refractivity contribution is 0.312. The fraction of sp³-hybridized carbons (Fsp3) is 0.500. The number of piperazine rings is 1. The van der Waals surface area contributed by atoms with E-state index in [-0.39, 0.29) is 0 Å². The molecule has 1 saturated heterocycles. The number of hydrogen-bond acceptors (Lipinski definition) is 5. The van der Waals surface area contributed by atoms with Crippen molar-refractivity contribution in [1.82, 2.24) is 9.88 Å². The van der Waals surface area contributed by atoms with E-state index in [0.717, 1.165) is 43.3 Å². The molecule has 0 atom stereocenters. The van der Waals surface area contributed by atoms with E-state index in [0.29, 0.717) is 0 Å². The van der Waals surface area contributed by atoms with E-state index in [1.807, 2.05) is 19.1 Å². The number of anilines is 1. The average molecular weight is 234 g/mol. The Kier molecular flexibility index (Phi) is 3.58. The van der Waals surface area contributed by atoms with E-state index in [1.54, 1.807) is 0 Å². The third-order valence-electron chi connectivity index (χ3n) is 3.14. The van der Waals surface area contributed by atoms with Gasteiger partial charge in [0, 0.05) is 37.4 Å². The van der Waals surface area contributed by atoms with Crippen LogP contribution in [-0.4, -0.2) is 54.5 Å². The van der Waals surface area contributed by atoms with Gasteiger partial charge in [-0.05, 0) is 26.1 Å². The third kappa shape index (κ3) is 2.74. The zero-order valence-corrected chi connectivity index (χ0v) is 10.3. The van der Waals surface area contributed by atoms with E-state index < -0.39 is 0 Å². The molecule has 0 aliphatic carbocycles. The van der Waals surface area contributed by atoms with E-state index in [1.165, 1.54) is 6.21 Å². The van der Waals surface area contributed by atoms with Gasteiger partial charge in [-0.2, -0.15) is 0 Å². The van der Waals surface area contributed by atoms with Crippen molar-refractivity contribution in [3.63, 3.8) is 0 Å².